The van der Waals surface area contributed by atoms with E-state index < -0.39 is 6.04 Å². The molecule has 5 rings (SSSR count). The summed E-state index contributed by atoms with van der Waals surface area (Å²) in [5.74, 6) is -0.564. The lowest BCUT2D eigenvalue weighted by Gasteiger charge is -2.37. The van der Waals surface area contributed by atoms with Crippen LogP contribution in [0.25, 0.3) is 0 Å². The van der Waals surface area contributed by atoms with Crippen molar-refractivity contribution in [3.8, 4) is 5.75 Å². The number of aromatic nitrogens is 1. The zero-order valence-corrected chi connectivity index (χ0v) is 21.4. The maximum Gasteiger partial charge on any atom is 0.271 e. The molecular formula is C29H25F2N3O3S. The van der Waals surface area contributed by atoms with E-state index in [0.29, 0.717) is 34.8 Å². The van der Waals surface area contributed by atoms with Crippen molar-refractivity contribution in [2.75, 3.05) is 6.54 Å². The minimum atomic E-state index is -0.413. The van der Waals surface area contributed by atoms with Crippen molar-refractivity contribution in [3.05, 3.63) is 117 Å². The Morgan fingerprint density at radius 1 is 1.08 bits per heavy atom. The van der Waals surface area contributed by atoms with E-state index in [4.69, 9.17) is 4.74 Å². The number of benzene rings is 3. The summed E-state index contributed by atoms with van der Waals surface area (Å²) in [7, 11) is 0. The van der Waals surface area contributed by atoms with E-state index in [1.165, 1.54) is 42.5 Å². The second-order valence-electron chi connectivity index (χ2n) is 9.01. The van der Waals surface area contributed by atoms with E-state index in [-0.39, 0.29) is 42.3 Å². The second kappa shape index (κ2) is 11.1. The first kappa shape index (κ1) is 25.5. The molecule has 0 saturated carbocycles. The normalized spacial score (nSPS) is 14.6. The topological polar surface area (TPSA) is 71.5 Å². The van der Waals surface area contributed by atoms with E-state index in [0.717, 1.165) is 11.1 Å². The van der Waals surface area contributed by atoms with Gasteiger partial charge in [-0.05, 0) is 65.1 Å². The zero-order valence-electron chi connectivity index (χ0n) is 20.6. The maximum atomic E-state index is 14.0. The van der Waals surface area contributed by atoms with Gasteiger partial charge in [-0.25, -0.2) is 13.8 Å². The Morgan fingerprint density at radius 3 is 2.63 bits per heavy atom. The zero-order chi connectivity index (χ0) is 26.6. The summed E-state index contributed by atoms with van der Waals surface area (Å²) < 4.78 is 33.4. The highest BCUT2D eigenvalue weighted by Crippen LogP contribution is 2.37. The van der Waals surface area contributed by atoms with Crippen molar-refractivity contribution in [1.82, 2.24) is 15.2 Å². The van der Waals surface area contributed by atoms with Gasteiger partial charge < -0.3 is 15.0 Å². The van der Waals surface area contributed by atoms with Crippen LogP contribution in [0.3, 0.4) is 0 Å². The molecule has 0 aliphatic carbocycles. The summed E-state index contributed by atoms with van der Waals surface area (Å²) in [5.41, 5.74) is 3.59. The molecule has 9 heteroatoms. The fourth-order valence-electron chi connectivity index (χ4n) is 4.60. The standard InChI is InChI=1S/C29H25F2N3O3S/c1-18(35)34-11-10-20-8-9-24(14-25(20)28(34)21-5-3-7-23(31)13-21)37-16-27-33-26(17-38-27)29(36)32-15-19-4-2-6-22(30)12-19/h2-9,12-14,17,28H,10-11,15-16H2,1H3,(H,32,36)/t28-/m0/s1. The second-order valence-corrected chi connectivity index (χ2v) is 9.95. The molecule has 0 saturated heterocycles. The number of fused-ring (bicyclic) bond motifs is 1. The maximum absolute atomic E-state index is 14.0. The van der Waals surface area contributed by atoms with Gasteiger partial charge in [0, 0.05) is 25.4 Å². The molecule has 38 heavy (non-hydrogen) atoms. The molecule has 2 amide bonds. The summed E-state index contributed by atoms with van der Waals surface area (Å²) in [6, 6.07) is 17.7. The smallest absolute Gasteiger partial charge is 0.271 e. The Labute approximate surface area is 222 Å². The molecule has 1 aromatic heterocycles. The Morgan fingerprint density at radius 2 is 1.87 bits per heavy atom. The van der Waals surface area contributed by atoms with Crippen molar-refractivity contribution in [2.24, 2.45) is 0 Å². The number of hydrogen-bond acceptors (Lipinski definition) is 5. The molecule has 1 aliphatic rings. The number of nitrogens with zero attached hydrogens (tertiary/aromatic N) is 2. The quantitative estimate of drug-likeness (QED) is 0.344. The van der Waals surface area contributed by atoms with Crippen LogP contribution in [-0.4, -0.2) is 28.2 Å². The largest absolute Gasteiger partial charge is 0.486 e. The molecule has 4 aromatic rings. The Kier molecular flexibility index (Phi) is 7.46. The highest BCUT2D eigenvalue weighted by molar-refractivity contribution is 7.09. The number of amides is 2. The van der Waals surface area contributed by atoms with Crippen molar-refractivity contribution in [2.45, 2.75) is 32.5 Å². The average molecular weight is 534 g/mol. The third kappa shape index (κ3) is 5.73. The number of carbonyl (C=O) groups is 2. The molecule has 0 spiro atoms. The third-order valence-electron chi connectivity index (χ3n) is 6.40. The van der Waals surface area contributed by atoms with Crippen LogP contribution in [0.15, 0.2) is 72.1 Å². The van der Waals surface area contributed by atoms with E-state index in [9.17, 15) is 18.4 Å². The van der Waals surface area contributed by atoms with Crippen molar-refractivity contribution in [1.29, 1.82) is 0 Å². The molecule has 1 atom stereocenters. The minimum Gasteiger partial charge on any atom is -0.486 e. The first-order valence-electron chi connectivity index (χ1n) is 12.1. The highest BCUT2D eigenvalue weighted by Gasteiger charge is 2.31. The predicted molar refractivity (Wildman–Crippen MR) is 140 cm³/mol. The first-order valence-corrected chi connectivity index (χ1v) is 13.0. The summed E-state index contributed by atoms with van der Waals surface area (Å²) >= 11 is 1.30. The van der Waals surface area contributed by atoms with Gasteiger partial charge in [-0.2, -0.15) is 0 Å². The molecule has 0 bridgehead atoms. The van der Waals surface area contributed by atoms with Crippen molar-refractivity contribution in [3.63, 3.8) is 0 Å². The Bertz CT molecular complexity index is 1490. The summed E-state index contributed by atoms with van der Waals surface area (Å²) in [6.07, 6.45) is 0.696. The van der Waals surface area contributed by atoms with Gasteiger partial charge in [-0.3, -0.25) is 9.59 Å². The summed E-state index contributed by atoms with van der Waals surface area (Å²) in [4.78, 5) is 31.0. The van der Waals surface area contributed by atoms with Gasteiger partial charge in [0.25, 0.3) is 5.91 Å². The molecule has 0 fully saturated rings. The number of halogens is 2. The number of hydrogen-bond donors (Lipinski definition) is 1. The van der Waals surface area contributed by atoms with Gasteiger partial charge in [0.05, 0.1) is 6.04 Å². The molecule has 2 heterocycles. The molecule has 0 unspecified atom stereocenters. The highest BCUT2D eigenvalue weighted by atomic mass is 32.1. The first-order chi connectivity index (χ1) is 18.4. The molecule has 1 aliphatic heterocycles. The average Bonchev–Trinajstić information content (AvgIpc) is 3.39. The molecular weight excluding hydrogens is 508 g/mol. The van der Waals surface area contributed by atoms with Gasteiger partial charge >= 0.3 is 0 Å². The predicted octanol–water partition coefficient (Wildman–Crippen LogP) is 5.42. The fraction of sp³-hybridized carbons (Fsp3) is 0.207. The molecule has 1 N–H and O–H groups in total. The van der Waals surface area contributed by atoms with Crippen LogP contribution in [0.5, 0.6) is 5.75 Å². The minimum absolute atomic E-state index is 0.0813. The summed E-state index contributed by atoms with van der Waals surface area (Å²) in [6.45, 7) is 2.42. The molecule has 194 valence electrons. The lowest BCUT2D eigenvalue weighted by atomic mass is 9.88. The van der Waals surface area contributed by atoms with Crippen LogP contribution in [0.2, 0.25) is 0 Å². The van der Waals surface area contributed by atoms with Crippen LogP contribution < -0.4 is 10.1 Å². The van der Waals surface area contributed by atoms with Gasteiger partial charge in [0.1, 0.15) is 34.7 Å². The summed E-state index contributed by atoms with van der Waals surface area (Å²) in [5, 5.41) is 5.01. The number of carbonyl (C=O) groups excluding carboxylic acids is 2. The lowest BCUT2D eigenvalue weighted by molar-refractivity contribution is -0.130. The monoisotopic (exact) mass is 533 g/mol. The van der Waals surface area contributed by atoms with E-state index in [1.807, 2.05) is 24.3 Å². The molecule has 6 nitrogen and oxygen atoms in total. The number of ether oxygens (including phenoxy) is 1. The van der Waals surface area contributed by atoms with Crippen molar-refractivity contribution >= 4 is 23.2 Å². The van der Waals surface area contributed by atoms with E-state index >= 15 is 0 Å². The van der Waals surface area contributed by atoms with Gasteiger partial charge in [-0.1, -0.05) is 30.3 Å². The van der Waals surface area contributed by atoms with Gasteiger partial charge in [-0.15, -0.1) is 11.3 Å². The Balaban J connectivity index is 1.28. The fourth-order valence-corrected chi connectivity index (χ4v) is 5.29. The third-order valence-corrected chi connectivity index (χ3v) is 7.23. The molecule has 3 aromatic carbocycles. The number of thiazole rings is 1. The van der Waals surface area contributed by atoms with Crippen LogP contribution >= 0.6 is 11.3 Å². The van der Waals surface area contributed by atoms with Gasteiger partial charge in [0.15, 0.2) is 0 Å². The van der Waals surface area contributed by atoms with Crippen LogP contribution in [0.1, 0.15) is 50.7 Å². The SMILES string of the molecule is CC(=O)N1CCc2ccc(OCc3nc(C(=O)NCc4cccc(F)c4)cs3)cc2[C@@H]1c1cccc(F)c1. The van der Waals surface area contributed by atoms with Crippen LogP contribution in [-0.2, 0) is 24.4 Å². The molecule has 0 radical (unpaired) electrons. The van der Waals surface area contributed by atoms with Gasteiger partial charge in [0.2, 0.25) is 5.91 Å². The Hall–Kier alpha value is -4.11. The van der Waals surface area contributed by atoms with E-state index in [1.54, 1.807) is 28.5 Å². The lowest BCUT2D eigenvalue weighted by Crippen LogP contribution is -2.39. The van der Waals surface area contributed by atoms with Crippen LogP contribution in [0, 0.1) is 11.6 Å². The number of nitrogens with one attached hydrogen (secondary N) is 1. The van der Waals surface area contributed by atoms with Crippen molar-refractivity contribution < 1.29 is 23.1 Å². The van der Waals surface area contributed by atoms with Crippen LogP contribution in [0.4, 0.5) is 8.78 Å². The van der Waals surface area contributed by atoms with E-state index in [2.05, 4.69) is 10.3 Å². The number of rotatable bonds is 7.